The highest BCUT2D eigenvalue weighted by Gasteiger charge is 2.20. The van der Waals surface area contributed by atoms with Crippen LogP contribution in [0.4, 0.5) is 11.4 Å². The molecule has 4 N–H and O–H groups in total. The van der Waals surface area contributed by atoms with Gasteiger partial charge in [-0.05, 0) is 12.5 Å². The first-order valence-corrected chi connectivity index (χ1v) is 6.71. The van der Waals surface area contributed by atoms with Gasteiger partial charge in [0.1, 0.15) is 5.75 Å². The molecule has 20 heavy (non-hydrogen) atoms. The fourth-order valence-corrected chi connectivity index (χ4v) is 2.07. The summed E-state index contributed by atoms with van der Waals surface area (Å²) in [4.78, 5) is 23.1. The second kappa shape index (κ2) is 6.11. The van der Waals surface area contributed by atoms with Crippen LogP contribution >= 0.6 is 11.6 Å². The molecule has 6 nitrogen and oxygen atoms in total. The first-order chi connectivity index (χ1) is 9.51. The highest BCUT2D eigenvalue weighted by molar-refractivity contribution is 6.34. The number of nitrogens with two attached hydrogens (primary N) is 1. The number of fused-ring (bicyclic) bond motifs is 1. The molecule has 7 heteroatoms. The SMILES string of the molecule is CCC[C@H](N)C(=O)Nc1cc2c(cc1Cl)NC(=O)CO2. The van der Waals surface area contributed by atoms with E-state index in [9.17, 15) is 9.59 Å². The minimum Gasteiger partial charge on any atom is -0.482 e. The molecule has 1 aliphatic heterocycles. The Labute approximate surface area is 121 Å². The minimum absolute atomic E-state index is 0.0582. The Balaban J connectivity index is 2.17. The molecule has 0 aromatic heterocycles. The quantitative estimate of drug-likeness (QED) is 0.789. The van der Waals surface area contributed by atoms with Crippen LogP contribution in [0.3, 0.4) is 0 Å². The summed E-state index contributed by atoms with van der Waals surface area (Å²) in [5.74, 6) is -0.0720. The Morgan fingerprint density at radius 2 is 2.35 bits per heavy atom. The first-order valence-electron chi connectivity index (χ1n) is 6.34. The molecule has 0 fully saturated rings. The average Bonchev–Trinajstić information content (AvgIpc) is 2.40. The molecule has 0 saturated carbocycles. The monoisotopic (exact) mass is 297 g/mol. The number of ether oxygens (including phenoxy) is 1. The minimum atomic E-state index is -0.576. The molecular formula is C13H16ClN3O3. The molecule has 2 amide bonds. The van der Waals surface area contributed by atoms with Crippen molar-refractivity contribution in [1.29, 1.82) is 0 Å². The third-order valence-electron chi connectivity index (χ3n) is 2.90. The summed E-state index contributed by atoms with van der Waals surface area (Å²) in [5, 5.41) is 5.62. The molecule has 1 atom stereocenters. The maximum atomic E-state index is 11.9. The smallest absolute Gasteiger partial charge is 0.262 e. The number of benzene rings is 1. The predicted molar refractivity (Wildman–Crippen MR) is 77.1 cm³/mol. The normalized spacial score (nSPS) is 14.8. The summed E-state index contributed by atoms with van der Waals surface area (Å²) >= 11 is 6.07. The fourth-order valence-electron chi connectivity index (χ4n) is 1.86. The molecule has 0 radical (unpaired) electrons. The summed E-state index contributed by atoms with van der Waals surface area (Å²) < 4.78 is 5.27. The van der Waals surface area contributed by atoms with Gasteiger partial charge in [-0.3, -0.25) is 9.59 Å². The molecule has 2 rings (SSSR count). The highest BCUT2D eigenvalue weighted by Crippen LogP contribution is 2.36. The molecule has 1 aliphatic rings. The van der Waals surface area contributed by atoms with E-state index in [1.807, 2.05) is 6.92 Å². The van der Waals surface area contributed by atoms with Gasteiger partial charge in [0.2, 0.25) is 5.91 Å². The summed E-state index contributed by atoms with van der Waals surface area (Å²) in [6.45, 7) is 1.90. The van der Waals surface area contributed by atoms with Gasteiger partial charge >= 0.3 is 0 Å². The second-order valence-corrected chi connectivity index (χ2v) is 4.96. The van der Waals surface area contributed by atoms with Crippen LogP contribution in [-0.4, -0.2) is 24.5 Å². The predicted octanol–water partition coefficient (Wildman–Crippen LogP) is 1.74. The van der Waals surface area contributed by atoms with E-state index in [0.29, 0.717) is 28.6 Å². The van der Waals surface area contributed by atoms with Gasteiger partial charge < -0.3 is 21.1 Å². The van der Waals surface area contributed by atoms with Crippen molar-refractivity contribution in [2.24, 2.45) is 5.73 Å². The third kappa shape index (κ3) is 3.20. The summed E-state index contributed by atoms with van der Waals surface area (Å²) in [6.07, 6.45) is 1.42. The standard InChI is InChI=1S/C13H16ClN3O3/c1-2-3-8(15)13(19)17-9-5-11-10(4-7(9)14)16-12(18)6-20-11/h4-5,8H,2-3,6,15H2,1H3,(H,16,18)(H,17,19)/t8-/m0/s1. The van der Waals surface area contributed by atoms with Crippen molar-refractivity contribution in [3.63, 3.8) is 0 Å². The molecule has 108 valence electrons. The van der Waals surface area contributed by atoms with Gasteiger partial charge in [0.25, 0.3) is 5.91 Å². The Bertz CT molecular complexity index is 548. The second-order valence-electron chi connectivity index (χ2n) is 4.55. The number of amides is 2. The third-order valence-corrected chi connectivity index (χ3v) is 3.21. The Kier molecular flexibility index (Phi) is 4.46. The van der Waals surface area contributed by atoms with Crippen molar-refractivity contribution in [2.45, 2.75) is 25.8 Å². The van der Waals surface area contributed by atoms with Gasteiger partial charge in [0, 0.05) is 6.07 Å². The van der Waals surface area contributed by atoms with Crippen LogP contribution < -0.4 is 21.1 Å². The molecule has 1 heterocycles. The lowest BCUT2D eigenvalue weighted by molar-refractivity contribution is -0.119. The Morgan fingerprint density at radius 3 is 3.05 bits per heavy atom. The van der Waals surface area contributed by atoms with Crippen molar-refractivity contribution in [2.75, 3.05) is 17.2 Å². The number of carbonyl (C=O) groups excluding carboxylic acids is 2. The van der Waals surface area contributed by atoms with Crippen LogP contribution in [-0.2, 0) is 9.59 Å². The van der Waals surface area contributed by atoms with E-state index < -0.39 is 6.04 Å². The van der Waals surface area contributed by atoms with Gasteiger partial charge in [0.15, 0.2) is 6.61 Å². The maximum absolute atomic E-state index is 11.9. The topological polar surface area (TPSA) is 93.5 Å². The molecule has 1 aromatic carbocycles. The molecular weight excluding hydrogens is 282 g/mol. The van der Waals surface area contributed by atoms with Gasteiger partial charge in [0.05, 0.1) is 22.4 Å². The first kappa shape index (κ1) is 14.6. The van der Waals surface area contributed by atoms with E-state index >= 15 is 0 Å². The Morgan fingerprint density at radius 1 is 1.60 bits per heavy atom. The van der Waals surface area contributed by atoms with Gasteiger partial charge in [-0.25, -0.2) is 0 Å². The number of halogens is 1. The fraction of sp³-hybridized carbons (Fsp3) is 0.385. The zero-order chi connectivity index (χ0) is 14.7. The van der Waals surface area contributed by atoms with Crippen molar-refractivity contribution in [1.82, 2.24) is 0 Å². The van der Waals surface area contributed by atoms with Crippen molar-refractivity contribution in [3.8, 4) is 5.75 Å². The van der Waals surface area contributed by atoms with Crippen LogP contribution in [0.1, 0.15) is 19.8 Å². The van der Waals surface area contributed by atoms with E-state index in [1.54, 1.807) is 6.07 Å². The number of nitrogens with one attached hydrogen (secondary N) is 2. The zero-order valence-electron chi connectivity index (χ0n) is 11.0. The van der Waals surface area contributed by atoms with Crippen molar-refractivity contribution < 1.29 is 14.3 Å². The van der Waals surface area contributed by atoms with E-state index in [0.717, 1.165) is 6.42 Å². The lowest BCUT2D eigenvalue weighted by Crippen LogP contribution is -2.35. The molecule has 0 unspecified atom stereocenters. The van der Waals surface area contributed by atoms with E-state index in [4.69, 9.17) is 22.1 Å². The molecule has 0 saturated heterocycles. The van der Waals surface area contributed by atoms with E-state index in [1.165, 1.54) is 6.07 Å². The van der Waals surface area contributed by atoms with E-state index in [2.05, 4.69) is 10.6 Å². The lowest BCUT2D eigenvalue weighted by atomic mass is 10.1. The molecule has 0 bridgehead atoms. The number of carbonyl (C=O) groups is 2. The largest absolute Gasteiger partial charge is 0.482 e. The number of hydrogen-bond acceptors (Lipinski definition) is 4. The maximum Gasteiger partial charge on any atom is 0.262 e. The zero-order valence-corrected chi connectivity index (χ0v) is 11.8. The van der Waals surface area contributed by atoms with Crippen LogP contribution in [0.25, 0.3) is 0 Å². The number of hydrogen-bond donors (Lipinski definition) is 3. The van der Waals surface area contributed by atoms with Gasteiger partial charge in [-0.1, -0.05) is 24.9 Å². The number of rotatable bonds is 4. The number of anilines is 2. The molecule has 0 spiro atoms. The summed E-state index contributed by atoms with van der Waals surface area (Å²) in [5.41, 5.74) is 6.64. The van der Waals surface area contributed by atoms with Gasteiger partial charge in [-0.2, -0.15) is 0 Å². The van der Waals surface area contributed by atoms with E-state index in [-0.39, 0.29) is 18.4 Å². The highest BCUT2D eigenvalue weighted by atomic mass is 35.5. The van der Waals surface area contributed by atoms with Gasteiger partial charge in [-0.15, -0.1) is 0 Å². The molecule has 1 aromatic rings. The summed E-state index contributed by atoms with van der Waals surface area (Å²) in [6, 6.07) is 2.54. The van der Waals surface area contributed by atoms with Crippen LogP contribution in [0.5, 0.6) is 5.75 Å². The summed E-state index contributed by atoms with van der Waals surface area (Å²) in [7, 11) is 0. The average molecular weight is 298 g/mol. The van der Waals surface area contributed by atoms with Crippen LogP contribution in [0.2, 0.25) is 5.02 Å². The van der Waals surface area contributed by atoms with Crippen LogP contribution in [0.15, 0.2) is 12.1 Å². The van der Waals surface area contributed by atoms with Crippen LogP contribution in [0, 0.1) is 0 Å². The van der Waals surface area contributed by atoms with Crippen molar-refractivity contribution in [3.05, 3.63) is 17.2 Å². The molecule has 0 aliphatic carbocycles. The van der Waals surface area contributed by atoms with Crippen molar-refractivity contribution >= 4 is 34.8 Å². The Hall–Kier alpha value is -1.79. The lowest BCUT2D eigenvalue weighted by Gasteiger charge is -2.20.